The molecule has 4 heteroatoms. The molecule has 17 heavy (non-hydrogen) atoms. The second kappa shape index (κ2) is 4.97. The molecule has 2 rings (SSSR count). The number of pyridine rings is 1. The van der Waals surface area contributed by atoms with Gasteiger partial charge in [-0.15, -0.1) is 0 Å². The molecule has 0 saturated heterocycles. The van der Waals surface area contributed by atoms with Crippen LogP contribution in [0.15, 0.2) is 36.5 Å². The molecule has 86 valence electrons. The number of aryl methyl sites for hydroxylation is 1. The third kappa shape index (κ3) is 2.63. The standard InChI is InChI=1S/C13H10ClNO2/c1-9-5-6-11(7-15-9)17-13-10(8-16)3-2-4-12(13)14/h2-8H,1H3. The summed E-state index contributed by atoms with van der Waals surface area (Å²) in [7, 11) is 0. The molecule has 2 aromatic rings. The first-order valence-corrected chi connectivity index (χ1v) is 5.42. The lowest BCUT2D eigenvalue weighted by atomic mass is 10.2. The molecule has 1 heterocycles. The molecule has 0 bridgehead atoms. The fourth-order valence-corrected chi connectivity index (χ4v) is 1.58. The summed E-state index contributed by atoms with van der Waals surface area (Å²) in [6.07, 6.45) is 2.30. The minimum atomic E-state index is 0.356. The normalized spacial score (nSPS) is 10.0. The van der Waals surface area contributed by atoms with Crippen LogP contribution in [0, 0.1) is 6.92 Å². The summed E-state index contributed by atoms with van der Waals surface area (Å²) in [4.78, 5) is 15.0. The van der Waals surface area contributed by atoms with E-state index in [-0.39, 0.29) is 0 Å². The predicted octanol–water partition coefficient (Wildman–Crippen LogP) is 3.65. The van der Waals surface area contributed by atoms with E-state index >= 15 is 0 Å². The van der Waals surface area contributed by atoms with Crippen molar-refractivity contribution in [3.63, 3.8) is 0 Å². The van der Waals surface area contributed by atoms with Gasteiger partial charge in [-0.3, -0.25) is 9.78 Å². The molecular weight excluding hydrogens is 238 g/mol. The van der Waals surface area contributed by atoms with E-state index in [9.17, 15) is 4.79 Å². The zero-order valence-electron chi connectivity index (χ0n) is 9.18. The van der Waals surface area contributed by atoms with Crippen molar-refractivity contribution in [1.29, 1.82) is 0 Å². The van der Waals surface area contributed by atoms with Crippen molar-refractivity contribution in [2.45, 2.75) is 6.92 Å². The fraction of sp³-hybridized carbons (Fsp3) is 0.0769. The topological polar surface area (TPSA) is 39.2 Å². The van der Waals surface area contributed by atoms with E-state index in [0.717, 1.165) is 5.69 Å². The summed E-state index contributed by atoms with van der Waals surface area (Å²) in [5.41, 5.74) is 1.31. The van der Waals surface area contributed by atoms with E-state index in [1.165, 1.54) is 0 Å². The van der Waals surface area contributed by atoms with Gasteiger partial charge in [-0.2, -0.15) is 0 Å². The van der Waals surface area contributed by atoms with Crippen LogP contribution in [0.3, 0.4) is 0 Å². The number of rotatable bonds is 3. The molecule has 0 aliphatic heterocycles. The molecule has 1 aromatic heterocycles. The average molecular weight is 248 g/mol. The number of hydrogen-bond donors (Lipinski definition) is 0. The molecule has 0 fully saturated rings. The number of nitrogens with zero attached hydrogens (tertiary/aromatic N) is 1. The third-order valence-electron chi connectivity index (χ3n) is 2.23. The Balaban J connectivity index is 2.35. The Morgan fingerprint density at radius 1 is 1.29 bits per heavy atom. The monoisotopic (exact) mass is 247 g/mol. The minimum absolute atomic E-state index is 0.356. The van der Waals surface area contributed by atoms with Gasteiger partial charge in [-0.05, 0) is 31.2 Å². The SMILES string of the molecule is Cc1ccc(Oc2c(Cl)cccc2C=O)cn1. The Kier molecular flexibility index (Phi) is 3.40. The number of aromatic nitrogens is 1. The zero-order chi connectivity index (χ0) is 12.3. The van der Waals surface area contributed by atoms with E-state index in [1.807, 2.05) is 13.0 Å². The van der Waals surface area contributed by atoms with Crippen molar-refractivity contribution in [3.8, 4) is 11.5 Å². The van der Waals surface area contributed by atoms with Crippen LogP contribution in [-0.2, 0) is 0 Å². The van der Waals surface area contributed by atoms with Gasteiger partial charge in [0, 0.05) is 5.69 Å². The number of aldehydes is 1. The molecule has 0 amide bonds. The number of hydrogen-bond acceptors (Lipinski definition) is 3. The fourth-order valence-electron chi connectivity index (χ4n) is 1.36. The summed E-state index contributed by atoms with van der Waals surface area (Å²) in [6, 6.07) is 8.63. The smallest absolute Gasteiger partial charge is 0.156 e. The molecule has 0 atom stereocenters. The maximum Gasteiger partial charge on any atom is 0.156 e. The lowest BCUT2D eigenvalue weighted by Crippen LogP contribution is -1.92. The Morgan fingerprint density at radius 3 is 2.76 bits per heavy atom. The van der Waals surface area contributed by atoms with Crippen LogP contribution in [0.2, 0.25) is 5.02 Å². The summed E-state index contributed by atoms with van der Waals surface area (Å²) in [5, 5.41) is 0.398. The Morgan fingerprint density at radius 2 is 2.12 bits per heavy atom. The maximum absolute atomic E-state index is 10.9. The summed E-state index contributed by atoms with van der Waals surface area (Å²) in [5.74, 6) is 0.904. The van der Waals surface area contributed by atoms with Crippen LogP contribution in [0.1, 0.15) is 16.1 Å². The van der Waals surface area contributed by atoms with Crippen molar-refractivity contribution >= 4 is 17.9 Å². The van der Waals surface area contributed by atoms with Gasteiger partial charge in [0.2, 0.25) is 0 Å². The van der Waals surface area contributed by atoms with E-state index < -0.39 is 0 Å². The van der Waals surface area contributed by atoms with Crippen LogP contribution in [0.25, 0.3) is 0 Å². The molecule has 3 nitrogen and oxygen atoms in total. The van der Waals surface area contributed by atoms with Crippen molar-refractivity contribution in [2.24, 2.45) is 0 Å². The number of carbonyl (C=O) groups is 1. The van der Waals surface area contributed by atoms with Crippen LogP contribution in [0.5, 0.6) is 11.5 Å². The molecule has 0 N–H and O–H groups in total. The van der Waals surface area contributed by atoms with Gasteiger partial charge >= 0.3 is 0 Å². The number of ether oxygens (including phenoxy) is 1. The molecule has 0 aliphatic rings. The zero-order valence-corrected chi connectivity index (χ0v) is 9.94. The molecule has 0 spiro atoms. The van der Waals surface area contributed by atoms with Gasteiger partial charge in [-0.1, -0.05) is 17.7 Å². The highest BCUT2D eigenvalue weighted by molar-refractivity contribution is 6.32. The van der Waals surface area contributed by atoms with E-state index in [2.05, 4.69) is 4.98 Å². The van der Waals surface area contributed by atoms with E-state index in [1.54, 1.807) is 30.5 Å². The number of para-hydroxylation sites is 1. The first-order valence-electron chi connectivity index (χ1n) is 5.05. The second-order valence-electron chi connectivity index (χ2n) is 3.51. The number of halogens is 1. The number of carbonyl (C=O) groups excluding carboxylic acids is 1. The van der Waals surface area contributed by atoms with Crippen LogP contribution in [-0.4, -0.2) is 11.3 Å². The quantitative estimate of drug-likeness (QED) is 0.777. The van der Waals surface area contributed by atoms with Crippen molar-refractivity contribution in [3.05, 3.63) is 52.8 Å². The van der Waals surface area contributed by atoms with Crippen LogP contribution < -0.4 is 4.74 Å². The lowest BCUT2D eigenvalue weighted by molar-refractivity contribution is 0.112. The predicted molar refractivity (Wildman–Crippen MR) is 65.9 cm³/mol. The van der Waals surface area contributed by atoms with Gasteiger partial charge in [0.15, 0.2) is 12.0 Å². The highest BCUT2D eigenvalue weighted by atomic mass is 35.5. The van der Waals surface area contributed by atoms with E-state index in [4.69, 9.17) is 16.3 Å². The van der Waals surface area contributed by atoms with Crippen LogP contribution >= 0.6 is 11.6 Å². The summed E-state index contributed by atoms with van der Waals surface area (Å²) in [6.45, 7) is 1.89. The number of benzene rings is 1. The lowest BCUT2D eigenvalue weighted by Gasteiger charge is -2.09. The van der Waals surface area contributed by atoms with Gasteiger partial charge < -0.3 is 4.74 Å². The molecular formula is C13H10ClNO2. The summed E-state index contributed by atoms with van der Waals surface area (Å²) < 4.78 is 5.56. The second-order valence-corrected chi connectivity index (χ2v) is 3.92. The van der Waals surface area contributed by atoms with Gasteiger partial charge in [0.05, 0.1) is 16.8 Å². The summed E-state index contributed by atoms with van der Waals surface area (Å²) >= 11 is 5.99. The molecule has 0 unspecified atom stereocenters. The third-order valence-corrected chi connectivity index (χ3v) is 2.53. The van der Waals surface area contributed by atoms with Crippen molar-refractivity contribution in [1.82, 2.24) is 4.98 Å². The van der Waals surface area contributed by atoms with Crippen molar-refractivity contribution < 1.29 is 9.53 Å². The molecule has 0 saturated carbocycles. The largest absolute Gasteiger partial charge is 0.453 e. The first-order chi connectivity index (χ1) is 8.20. The van der Waals surface area contributed by atoms with Crippen LogP contribution in [0.4, 0.5) is 0 Å². The maximum atomic E-state index is 10.9. The Labute approximate surface area is 104 Å². The molecule has 0 aliphatic carbocycles. The van der Waals surface area contributed by atoms with E-state index in [0.29, 0.717) is 28.4 Å². The van der Waals surface area contributed by atoms with Gasteiger partial charge in [0.1, 0.15) is 5.75 Å². The Hall–Kier alpha value is -1.87. The highest BCUT2D eigenvalue weighted by Crippen LogP contribution is 2.31. The first kappa shape index (κ1) is 11.6. The average Bonchev–Trinajstić information content (AvgIpc) is 2.34. The minimum Gasteiger partial charge on any atom is -0.453 e. The van der Waals surface area contributed by atoms with Gasteiger partial charge in [0.25, 0.3) is 0 Å². The highest BCUT2D eigenvalue weighted by Gasteiger charge is 2.08. The van der Waals surface area contributed by atoms with Gasteiger partial charge in [-0.25, -0.2) is 0 Å². The molecule has 0 radical (unpaired) electrons. The molecule has 1 aromatic carbocycles. The Bertz CT molecular complexity index is 538. The van der Waals surface area contributed by atoms with Crippen molar-refractivity contribution in [2.75, 3.05) is 0 Å².